The molecule has 0 fully saturated rings. The highest BCUT2D eigenvalue weighted by Crippen LogP contribution is 2.49. The second-order valence-electron chi connectivity index (χ2n) is 8.35. The number of ether oxygens (including phenoxy) is 2. The Hall–Kier alpha value is -2.76. The molecule has 0 aromatic heterocycles. The molecule has 29 heavy (non-hydrogen) atoms. The monoisotopic (exact) mass is 399 g/mol. The molecule has 0 spiro atoms. The van der Waals surface area contributed by atoms with Crippen LogP contribution in [0.3, 0.4) is 0 Å². The summed E-state index contributed by atoms with van der Waals surface area (Å²) in [5.74, 6) is -1.35. The number of allylic oxidation sites excluding steroid dienone is 2. The fraction of sp³-hybridized carbons (Fsp3) is 0.478. The lowest BCUT2D eigenvalue weighted by molar-refractivity contribution is -0.147. The molecule has 6 nitrogen and oxygen atoms in total. The molecule has 0 saturated carbocycles. The fourth-order valence-corrected chi connectivity index (χ4v) is 4.31. The van der Waals surface area contributed by atoms with Gasteiger partial charge in [0.1, 0.15) is 5.92 Å². The third kappa shape index (κ3) is 4.02. The Morgan fingerprint density at radius 2 is 2.00 bits per heavy atom. The van der Waals surface area contributed by atoms with Crippen molar-refractivity contribution >= 4 is 11.8 Å². The number of hydrogen-bond donors (Lipinski definition) is 2. The molecule has 3 rings (SSSR count). The first kappa shape index (κ1) is 21.0. The Bertz CT molecular complexity index is 883. The summed E-state index contributed by atoms with van der Waals surface area (Å²) in [4.78, 5) is 26.0. The highest BCUT2D eigenvalue weighted by Gasteiger charge is 2.46. The number of carbonyl (C=O) groups is 2. The number of benzene rings is 1. The van der Waals surface area contributed by atoms with Crippen LogP contribution in [-0.4, -0.2) is 30.1 Å². The van der Waals surface area contributed by atoms with E-state index in [4.69, 9.17) is 9.47 Å². The summed E-state index contributed by atoms with van der Waals surface area (Å²) in [6, 6.07) is 4.96. The smallest absolute Gasteiger partial charge is 0.315 e. The average Bonchev–Trinajstić information content (AvgIpc) is 2.61. The predicted molar refractivity (Wildman–Crippen MR) is 109 cm³/mol. The van der Waals surface area contributed by atoms with Crippen molar-refractivity contribution in [3.8, 4) is 11.5 Å². The van der Waals surface area contributed by atoms with Gasteiger partial charge in [-0.3, -0.25) is 9.59 Å². The third-order valence-corrected chi connectivity index (χ3v) is 5.43. The van der Waals surface area contributed by atoms with Crippen LogP contribution in [-0.2, 0) is 14.3 Å². The molecule has 2 unspecified atom stereocenters. The Balaban J connectivity index is 2.18. The zero-order chi connectivity index (χ0) is 21.3. The van der Waals surface area contributed by atoms with Gasteiger partial charge in [-0.05, 0) is 43.4 Å². The van der Waals surface area contributed by atoms with Crippen molar-refractivity contribution in [3.05, 3.63) is 47.3 Å². The van der Waals surface area contributed by atoms with Crippen LogP contribution in [0.15, 0.2) is 41.7 Å². The van der Waals surface area contributed by atoms with E-state index in [-0.39, 0.29) is 23.6 Å². The molecule has 0 amide bonds. The minimum atomic E-state index is -0.738. The number of phenolic OH excluding ortho intramolecular Hbond substituents is 1. The number of Topliss-reactive ketones (excluding diaryl/α,β-unsaturated/α-hetero) is 1. The summed E-state index contributed by atoms with van der Waals surface area (Å²) in [5.41, 5.74) is 2.47. The number of phenols is 1. The second-order valence-corrected chi connectivity index (χ2v) is 8.35. The molecule has 1 aliphatic heterocycles. The fourth-order valence-electron chi connectivity index (χ4n) is 4.31. The number of rotatable bonds is 5. The van der Waals surface area contributed by atoms with E-state index >= 15 is 0 Å². The van der Waals surface area contributed by atoms with Crippen LogP contribution in [0.4, 0.5) is 0 Å². The first-order valence-electron chi connectivity index (χ1n) is 10.0. The highest BCUT2D eigenvalue weighted by molar-refractivity contribution is 6.00. The molecule has 156 valence electrons. The predicted octanol–water partition coefficient (Wildman–Crippen LogP) is 3.81. The van der Waals surface area contributed by atoms with Crippen molar-refractivity contribution in [1.82, 2.24) is 5.32 Å². The van der Waals surface area contributed by atoms with Crippen LogP contribution >= 0.6 is 0 Å². The first-order valence-corrected chi connectivity index (χ1v) is 10.0. The van der Waals surface area contributed by atoms with E-state index in [9.17, 15) is 14.7 Å². The molecule has 0 saturated heterocycles. The van der Waals surface area contributed by atoms with Crippen molar-refractivity contribution in [3.63, 3.8) is 0 Å². The van der Waals surface area contributed by atoms with E-state index < -0.39 is 17.8 Å². The average molecular weight is 399 g/mol. The van der Waals surface area contributed by atoms with Gasteiger partial charge in [0.15, 0.2) is 17.3 Å². The summed E-state index contributed by atoms with van der Waals surface area (Å²) in [6.07, 6.45) is 1.10. The molecule has 1 aromatic rings. The summed E-state index contributed by atoms with van der Waals surface area (Å²) in [6.45, 7) is 12.4. The minimum absolute atomic E-state index is 0.0151. The standard InChI is InChI=1S/C23H29NO5/c1-6-28-18-10-14(8-9-16(18)25)20-19(22(27)29-7-2)13(3)24-15-11-23(4,5)12-17(26)21(15)20/h8-10,19-20,24-25H,3,6-7,11-12H2,1-2,4-5H3. The molecule has 0 bridgehead atoms. The Labute approximate surface area is 171 Å². The molecule has 2 aliphatic rings. The van der Waals surface area contributed by atoms with E-state index in [1.165, 1.54) is 6.07 Å². The van der Waals surface area contributed by atoms with Gasteiger partial charge in [0.2, 0.25) is 0 Å². The van der Waals surface area contributed by atoms with Crippen molar-refractivity contribution in [2.24, 2.45) is 11.3 Å². The number of nitrogens with one attached hydrogen (secondary N) is 1. The maximum Gasteiger partial charge on any atom is 0.315 e. The zero-order valence-electron chi connectivity index (χ0n) is 17.5. The molecule has 0 radical (unpaired) electrons. The van der Waals surface area contributed by atoms with Gasteiger partial charge in [-0.2, -0.15) is 0 Å². The van der Waals surface area contributed by atoms with E-state index in [0.29, 0.717) is 42.0 Å². The summed E-state index contributed by atoms with van der Waals surface area (Å²) in [5, 5.41) is 13.3. The molecular weight excluding hydrogens is 370 g/mol. The molecule has 2 N–H and O–H groups in total. The first-order chi connectivity index (χ1) is 13.7. The Morgan fingerprint density at radius 1 is 1.28 bits per heavy atom. The van der Waals surface area contributed by atoms with Crippen molar-refractivity contribution in [2.45, 2.75) is 46.5 Å². The third-order valence-electron chi connectivity index (χ3n) is 5.43. The Morgan fingerprint density at radius 3 is 2.66 bits per heavy atom. The van der Waals surface area contributed by atoms with Crippen LogP contribution in [0, 0.1) is 11.3 Å². The van der Waals surface area contributed by atoms with E-state index in [0.717, 1.165) is 5.70 Å². The maximum absolute atomic E-state index is 13.2. The largest absolute Gasteiger partial charge is 0.504 e. The number of carbonyl (C=O) groups excluding carboxylic acids is 2. The van der Waals surface area contributed by atoms with Gasteiger partial charge in [-0.15, -0.1) is 0 Å². The lowest BCUT2D eigenvalue weighted by atomic mass is 9.66. The molecule has 1 aliphatic carbocycles. The molecule has 6 heteroatoms. The summed E-state index contributed by atoms with van der Waals surface area (Å²) in [7, 11) is 0. The van der Waals surface area contributed by atoms with Crippen molar-refractivity contribution in [2.75, 3.05) is 13.2 Å². The SMILES string of the molecule is C=C1NC2=C(C(=O)CC(C)(C)C2)C(c2ccc(O)c(OCC)c2)C1C(=O)OCC. The van der Waals surface area contributed by atoms with Gasteiger partial charge in [0.25, 0.3) is 0 Å². The van der Waals surface area contributed by atoms with Crippen molar-refractivity contribution < 1.29 is 24.2 Å². The zero-order valence-corrected chi connectivity index (χ0v) is 17.5. The van der Waals surface area contributed by atoms with Crippen LogP contribution in [0.5, 0.6) is 11.5 Å². The van der Waals surface area contributed by atoms with Gasteiger partial charge < -0.3 is 19.9 Å². The lowest BCUT2D eigenvalue weighted by Gasteiger charge is -2.42. The van der Waals surface area contributed by atoms with Crippen LogP contribution < -0.4 is 10.1 Å². The van der Waals surface area contributed by atoms with Crippen molar-refractivity contribution in [1.29, 1.82) is 0 Å². The minimum Gasteiger partial charge on any atom is -0.504 e. The van der Waals surface area contributed by atoms with Crippen LogP contribution in [0.2, 0.25) is 0 Å². The molecule has 1 aromatic carbocycles. The Kier molecular flexibility index (Phi) is 5.73. The van der Waals surface area contributed by atoms with Gasteiger partial charge in [-0.25, -0.2) is 0 Å². The molecule has 2 atom stereocenters. The van der Waals surface area contributed by atoms with Crippen LogP contribution in [0.25, 0.3) is 0 Å². The van der Waals surface area contributed by atoms with Gasteiger partial charge in [0, 0.05) is 29.3 Å². The number of ketones is 1. The highest BCUT2D eigenvalue weighted by atomic mass is 16.5. The van der Waals surface area contributed by atoms with Gasteiger partial charge in [0.05, 0.1) is 13.2 Å². The second kappa shape index (κ2) is 7.93. The van der Waals surface area contributed by atoms with E-state index in [2.05, 4.69) is 25.7 Å². The summed E-state index contributed by atoms with van der Waals surface area (Å²) < 4.78 is 10.8. The van der Waals surface area contributed by atoms with Crippen LogP contribution in [0.1, 0.15) is 52.0 Å². The maximum atomic E-state index is 13.2. The lowest BCUT2D eigenvalue weighted by Crippen LogP contribution is -2.43. The molecule has 1 heterocycles. The van der Waals surface area contributed by atoms with E-state index in [1.54, 1.807) is 19.1 Å². The topological polar surface area (TPSA) is 84.9 Å². The normalized spacial score (nSPS) is 23.3. The quantitative estimate of drug-likeness (QED) is 0.733. The van der Waals surface area contributed by atoms with Gasteiger partial charge in [-0.1, -0.05) is 26.5 Å². The summed E-state index contributed by atoms with van der Waals surface area (Å²) >= 11 is 0. The number of aromatic hydroxyl groups is 1. The van der Waals surface area contributed by atoms with E-state index in [1.807, 2.05) is 6.92 Å². The number of esters is 1. The van der Waals surface area contributed by atoms with Gasteiger partial charge >= 0.3 is 5.97 Å². The number of hydrogen-bond acceptors (Lipinski definition) is 6. The molecular formula is C23H29NO5.